The van der Waals surface area contributed by atoms with Crippen LogP contribution >= 0.6 is 0 Å². The molecule has 0 heterocycles. The Morgan fingerprint density at radius 1 is 1.26 bits per heavy atom. The molecule has 0 saturated heterocycles. The first-order valence-electron chi connectivity index (χ1n) is 6.57. The average molecular weight is 255 g/mol. The fourth-order valence-electron chi connectivity index (χ4n) is 1.71. The van der Waals surface area contributed by atoms with E-state index >= 15 is 0 Å². The van der Waals surface area contributed by atoms with Gasteiger partial charge >= 0.3 is 0 Å². The Hall–Kier alpha value is -2.09. The van der Waals surface area contributed by atoms with Crippen LogP contribution < -0.4 is 5.32 Å². The van der Waals surface area contributed by atoms with Crippen molar-refractivity contribution in [2.75, 3.05) is 6.54 Å². The van der Waals surface area contributed by atoms with Gasteiger partial charge in [-0.05, 0) is 36.6 Å². The second-order valence-corrected chi connectivity index (χ2v) is 4.19. The van der Waals surface area contributed by atoms with Crippen LogP contribution in [0.1, 0.15) is 36.2 Å². The van der Waals surface area contributed by atoms with Crippen LogP contribution in [0.25, 0.3) is 5.57 Å². The lowest BCUT2D eigenvalue weighted by Gasteiger charge is -2.06. The van der Waals surface area contributed by atoms with E-state index < -0.39 is 0 Å². The first-order valence-corrected chi connectivity index (χ1v) is 6.57. The normalized spacial score (nSPS) is 11.6. The minimum Gasteiger partial charge on any atom is -0.352 e. The number of allylic oxidation sites excluding steroid dienone is 5. The molecule has 2 nitrogen and oxygen atoms in total. The monoisotopic (exact) mass is 255 g/mol. The van der Waals surface area contributed by atoms with Gasteiger partial charge in [0, 0.05) is 12.1 Å². The van der Waals surface area contributed by atoms with Crippen LogP contribution in [-0.2, 0) is 0 Å². The number of hydrogen-bond acceptors (Lipinski definition) is 1. The summed E-state index contributed by atoms with van der Waals surface area (Å²) in [7, 11) is 0. The van der Waals surface area contributed by atoms with Gasteiger partial charge < -0.3 is 5.32 Å². The van der Waals surface area contributed by atoms with Crippen LogP contribution in [0.5, 0.6) is 0 Å². The summed E-state index contributed by atoms with van der Waals surface area (Å²) in [5, 5.41) is 2.86. The molecule has 0 aliphatic carbocycles. The smallest absolute Gasteiger partial charge is 0.251 e. The first-order chi connectivity index (χ1) is 9.22. The molecule has 0 bridgehead atoms. The number of carbonyl (C=O) groups excluding carboxylic acids is 1. The van der Waals surface area contributed by atoms with Gasteiger partial charge in [0.1, 0.15) is 0 Å². The Kier molecular flexibility index (Phi) is 6.37. The van der Waals surface area contributed by atoms with E-state index in [9.17, 15) is 4.79 Å². The van der Waals surface area contributed by atoms with Crippen LogP contribution in [0, 0.1) is 0 Å². The summed E-state index contributed by atoms with van der Waals surface area (Å²) in [6.45, 7) is 8.43. The fourth-order valence-corrected chi connectivity index (χ4v) is 1.71. The molecule has 0 spiro atoms. The SMILES string of the molecule is C=C/C=C(\C=C/C)c1ccc(C(=O)NCCC)cc1. The van der Waals surface area contributed by atoms with E-state index in [1.54, 1.807) is 6.08 Å². The number of nitrogens with one attached hydrogen (secondary N) is 1. The van der Waals surface area contributed by atoms with E-state index in [4.69, 9.17) is 0 Å². The second kappa shape index (κ2) is 8.09. The van der Waals surface area contributed by atoms with Gasteiger partial charge in [-0.2, -0.15) is 0 Å². The average Bonchev–Trinajstić information content (AvgIpc) is 2.44. The van der Waals surface area contributed by atoms with Crippen molar-refractivity contribution >= 4 is 11.5 Å². The molecule has 1 aromatic rings. The lowest BCUT2D eigenvalue weighted by atomic mass is 10.0. The lowest BCUT2D eigenvalue weighted by Crippen LogP contribution is -2.23. The third kappa shape index (κ3) is 4.59. The van der Waals surface area contributed by atoms with Gasteiger partial charge in [0.2, 0.25) is 0 Å². The van der Waals surface area contributed by atoms with Crippen LogP contribution in [0.15, 0.2) is 55.1 Å². The Morgan fingerprint density at radius 3 is 2.42 bits per heavy atom. The highest BCUT2D eigenvalue weighted by Crippen LogP contribution is 2.17. The summed E-state index contributed by atoms with van der Waals surface area (Å²) in [5.74, 6) is -0.0197. The zero-order valence-electron chi connectivity index (χ0n) is 11.6. The Morgan fingerprint density at radius 2 is 1.89 bits per heavy atom. The summed E-state index contributed by atoms with van der Waals surface area (Å²) in [5.41, 5.74) is 2.85. The van der Waals surface area contributed by atoms with Crippen molar-refractivity contribution in [3.63, 3.8) is 0 Å². The summed E-state index contributed by atoms with van der Waals surface area (Å²) in [4.78, 5) is 11.8. The summed E-state index contributed by atoms with van der Waals surface area (Å²) >= 11 is 0. The van der Waals surface area contributed by atoms with Gasteiger partial charge in [0.15, 0.2) is 0 Å². The van der Waals surface area contributed by atoms with Crippen molar-refractivity contribution in [2.45, 2.75) is 20.3 Å². The van der Waals surface area contributed by atoms with Crippen molar-refractivity contribution in [3.05, 3.63) is 66.3 Å². The molecular formula is C17H21NO. The zero-order valence-corrected chi connectivity index (χ0v) is 11.6. The third-order valence-corrected chi connectivity index (χ3v) is 2.66. The maximum atomic E-state index is 11.8. The number of rotatable bonds is 6. The number of amides is 1. The highest BCUT2D eigenvalue weighted by molar-refractivity contribution is 5.94. The van der Waals surface area contributed by atoms with Gasteiger partial charge in [-0.15, -0.1) is 0 Å². The Bertz CT molecular complexity index is 480. The molecule has 2 heteroatoms. The zero-order chi connectivity index (χ0) is 14.1. The molecule has 0 aromatic heterocycles. The predicted molar refractivity (Wildman–Crippen MR) is 82.1 cm³/mol. The van der Waals surface area contributed by atoms with Crippen LogP contribution in [-0.4, -0.2) is 12.5 Å². The van der Waals surface area contributed by atoms with E-state index in [-0.39, 0.29) is 5.91 Å². The highest BCUT2D eigenvalue weighted by atomic mass is 16.1. The van der Waals surface area contributed by atoms with Crippen LogP contribution in [0.3, 0.4) is 0 Å². The summed E-state index contributed by atoms with van der Waals surface area (Å²) in [6.07, 6.45) is 8.66. The fraction of sp³-hybridized carbons (Fsp3) is 0.235. The molecule has 1 N–H and O–H groups in total. The van der Waals surface area contributed by atoms with Crippen LogP contribution in [0.2, 0.25) is 0 Å². The maximum absolute atomic E-state index is 11.8. The third-order valence-electron chi connectivity index (χ3n) is 2.66. The van der Waals surface area contributed by atoms with Gasteiger partial charge in [0.25, 0.3) is 5.91 Å². The molecule has 1 rings (SSSR count). The van der Waals surface area contributed by atoms with Crippen molar-refractivity contribution in [1.82, 2.24) is 5.32 Å². The van der Waals surface area contributed by atoms with Crippen molar-refractivity contribution in [2.24, 2.45) is 0 Å². The topological polar surface area (TPSA) is 29.1 Å². The van der Waals surface area contributed by atoms with E-state index in [0.717, 1.165) is 17.6 Å². The quantitative estimate of drug-likeness (QED) is 0.766. The second-order valence-electron chi connectivity index (χ2n) is 4.19. The van der Waals surface area contributed by atoms with E-state index in [2.05, 4.69) is 11.9 Å². The molecule has 0 atom stereocenters. The van der Waals surface area contributed by atoms with Gasteiger partial charge in [-0.3, -0.25) is 4.79 Å². The molecule has 0 fully saturated rings. The van der Waals surface area contributed by atoms with E-state index in [1.165, 1.54) is 0 Å². The summed E-state index contributed by atoms with van der Waals surface area (Å²) < 4.78 is 0. The number of benzene rings is 1. The molecule has 0 saturated carbocycles. The lowest BCUT2D eigenvalue weighted by molar-refractivity contribution is 0.0953. The molecule has 0 aliphatic rings. The van der Waals surface area contributed by atoms with Gasteiger partial charge in [-0.1, -0.05) is 49.9 Å². The van der Waals surface area contributed by atoms with Gasteiger partial charge in [-0.25, -0.2) is 0 Å². The molecule has 1 amide bonds. The van der Waals surface area contributed by atoms with Crippen LogP contribution in [0.4, 0.5) is 0 Å². The Balaban J connectivity index is 2.89. The minimum absolute atomic E-state index is 0.0197. The number of carbonyl (C=O) groups is 1. The molecule has 19 heavy (non-hydrogen) atoms. The molecule has 100 valence electrons. The molecule has 0 radical (unpaired) electrons. The predicted octanol–water partition coefficient (Wildman–Crippen LogP) is 3.97. The van der Waals surface area contributed by atoms with E-state index in [0.29, 0.717) is 12.1 Å². The first kappa shape index (κ1) is 15.0. The van der Waals surface area contributed by atoms with Crippen molar-refractivity contribution < 1.29 is 4.79 Å². The molecule has 1 aromatic carbocycles. The number of hydrogen-bond donors (Lipinski definition) is 1. The van der Waals surface area contributed by atoms with Crippen molar-refractivity contribution in [1.29, 1.82) is 0 Å². The Labute approximate surface area is 115 Å². The standard InChI is InChI=1S/C17H21NO/c1-4-7-14(8-5-2)15-9-11-16(12-10-15)17(19)18-13-6-3/h4-5,7-12H,1,6,13H2,2-3H3,(H,18,19)/b8-5-,14-7+. The molecule has 0 unspecified atom stereocenters. The molecule has 0 aliphatic heterocycles. The van der Waals surface area contributed by atoms with Crippen molar-refractivity contribution in [3.8, 4) is 0 Å². The van der Waals surface area contributed by atoms with E-state index in [1.807, 2.05) is 56.3 Å². The van der Waals surface area contributed by atoms with Gasteiger partial charge in [0.05, 0.1) is 0 Å². The largest absolute Gasteiger partial charge is 0.352 e. The highest BCUT2D eigenvalue weighted by Gasteiger charge is 2.04. The minimum atomic E-state index is -0.0197. The summed E-state index contributed by atoms with van der Waals surface area (Å²) in [6, 6.07) is 7.61. The molecular weight excluding hydrogens is 234 g/mol. The maximum Gasteiger partial charge on any atom is 0.251 e.